The molecule has 0 spiro atoms. The fourth-order valence-corrected chi connectivity index (χ4v) is 3.87. The highest BCUT2D eigenvalue weighted by molar-refractivity contribution is 7.82. The predicted molar refractivity (Wildman–Crippen MR) is 128 cm³/mol. The molecule has 0 bridgehead atoms. The van der Waals surface area contributed by atoms with Crippen LogP contribution in [0.1, 0.15) is 44.7 Å². The van der Waals surface area contributed by atoms with Gasteiger partial charge in [0, 0.05) is 11.7 Å². The zero-order valence-electron chi connectivity index (χ0n) is 18.3. The molecule has 170 valence electrons. The molecule has 2 aromatic rings. The lowest BCUT2D eigenvalue weighted by Crippen LogP contribution is -2.27. The number of nitrogens with one attached hydrogen (secondary N) is 1. The van der Waals surface area contributed by atoms with E-state index in [1.807, 2.05) is 36.4 Å². The number of halogens is 2. The maximum atomic E-state index is 11.7. The molecule has 5 nitrogen and oxygen atoms in total. The van der Waals surface area contributed by atoms with Gasteiger partial charge in [0.1, 0.15) is 12.4 Å². The van der Waals surface area contributed by atoms with Crippen molar-refractivity contribution in [1.82, 2.24) is 4.72 Å². The molecule has 0 aliphatic heterocycles. The van der Waals surface area contributed by atoms with Gasteiger partial charge in [-0.2, -0.15) is 0 Å². The summed E-state index contributed by atoms with van der Waals surface area (Å²) in [6, 6.07) is 11.3. The van der Waals surface area contributed by atoms with Crippen molar-refractivity contribution in [2.75, 3.05) is 26.0 Å². The maximum absolute atomic E-state index is 11.7. The van der Waals surface area contributed by atoms with Crippen LogP contribution < -0.4 is 14.2 Å². The second-order valence-electron chi connectivity index (χ2n) is 7.72. The number of rotatable bonds is 12. The Bertz CT molecular complexity index is 893. The lowest BCUT2D eigenvalue weighted by Gasteiger charge is -2.27. The molecule has 0 amide bonds. The van der Waals surface area contributed by atoms with E-state index in [4.69, 9.17) is 32.7 Å². The summed E-state index contributed by atoms with van der Waals surface area (Å²) in [5, 5.41) is 0.985. The fourth-order valence-electron chi connectivity index (χ4n) is 2.91. The SMILES string of the molecule is CCCCOc1c(Cl)cc(C(C)(C)c2ccc(OCC(=O)CNS(C)=O)cc2)cc1Cl. The van der Waals surface area contributed by atoms with Crippen LogP contribution in [-0.4, -0.2) is 36.0 Å². The highest BCUT2D eigenvalue weighted by Crippen LogP contribution is 2.40. The molecule has 8 heteroatoms. The summed E-state index contributed by atoms with van der Waals surface area (Å²) in [6.45, 7) is 6.77. The molecule has 31 heavy (non-hydrogen) atoms. The van der Waals surface area contributed by atoms with E-state index >= 15 is 0 Å². The predicted octanol–water partition coefficient (Wildman–Crippen LogP) is 5.33. The van der Waals surface area contributed by atoms with Gasteiger partial charge in [0.25, 0.3) is 0 Å². The molecule has 0 saturated carbocycles. The van der Waals surface area contributed by atoms with Crippen LogP contribution in [0, 0.1) is 0 Å². The van der Waals surface area contributed by atoms with Crippen LogP contribution in [0.5, 0.6) is 11.5 Å². The second kappa shape index (κ2) is 11.9. The Kier molecular flexibility index (Phi) is 9.82. The smallest absolute Gasteiger partial charge is 0.184 e. The van der Waals surface area contributed by atoms with Crippen molar-refractivity contribution in [3.05, 3.63) is 57.6 Å². The Balaban J connectivity index is 2.09. The molecule has 1 unspecified atom stereocenters. The molecule has 2 rings (SSSR count). The van der Waals surface area contributed by atoms with E-state index < -0.39 is 11.0 Å². The molecule has 1 atom stereocenters. The van der Waals surface area contributed by atoms with E-state index in [0.29, 0.717) is 28.2 Å². The number of ether oxygens (including phenoxy) is 2. The number of Topliss-reactive ketones (excluding diaryl/α,β-unsaturated/α-hetero) is 1. The van der Waals surface area contributed by atoms with Gasteiger partial charge in [-0.05, 0) is 41.8 Å². The maximum Gasteiger partial charge on any atom is 0.184 e. The monoisotopic (exact) mass is 485 g/mol. The van der Waals surface area contributed by atoms with Crippen LogP contribution in [0.2, 0.25) is 10.0 Å². The average Bonchev–Trinajstić information content (AvgIpc) is 2.72. The van der Waals surface area contributed by atoms with Gasteiger partial charge in [-0.1, -0.05) is 62.5 Å². The van der Waals surface area contributed by atoms with Gasteiger partial charge in [-0.3, -0.25) is 4.79 Å². The van der Waals surface area contributed by atoms with Gasteiger partial charge in [0.2, 0.25) is 0 Å². The first-order chi connectivity index (χ1) is 14.6. The molecule has 0 fully saturated rings. The molecular weight excluding hydrogens is 457 g/mol. The van der Waals surface area contributed by atoms with Crippen LogP contribution >= 0.6 is 23.2 Å². The summed E-state index contributed by atoms with van der Waals surface area (Å²) in [5.74, 6) is 0.928. The quantitative estimate of drug-likeness (QED) is 0.412. The summed E-state index contributed by atoms with van der Waals surface area (Å²) < 4.78 is 24.8. The van der Waals surface area contributed by atoms with Crippen molar-refractivity contribution in [2.45, 2.75) is 39.0 Å². The zero-order valence-corrected chi connectivity index (χ0v) is 20.6. The summed E-state index contributed by atoms with van der Waals surface area (Å²) in [7, 11) is -1.23. The van der Waals surface area contributed by atoms with Crippen LogP contribution in [0.25, 0.3) is 0 Å². The number of unbranched alkanes of at least 4 members (excludes halogenated alkanes) is 1. The molecule has 0 heterocycles. The molecular formula is C23H29Cl2NO4S. The van der Waals surface area contributed by atoms with Gasteiger partial charge in [-0.25, -0.2) is 8.93 Å². The Labute approximate surface area is 197 Å². The number of ketones is 1. The topological polar surface area (TPSA) is 64.6 Å². The lowest BCUT2D eigenvalue weighted by atomic mass is 9.78. The van der Waals surface area contributed by atoms with Gasteiger partial charge in [0.15, 0.2) is 11.5 Å². The van der Waals surface area contributed by atoms with Crippen molar-refractivity contribution in [3.63, 3.8) is 0 Å². The summed E-state index contributed by atoms with van der Waals surface area (Å²) in [4.78, 5) is 11.7. The minimum absolute atomic E-state index is 0.00784. The number of carbonyl (C=O) groups excluding carboxylic acids is 1. The van der Waals surface area contributed by atoms with E-state index in [1.165, 1.54) is 6.26 Å². The minimum atomic E-state index is -1.23. The van der Waals surface area contributed by atoms with E-state index in [9.17, 15) is 9.00 Å². The van der Waals surface area contributed by atoms with Gasteiger partial charge in [-0.15, -0.1) is 0 Å². The highest BCUT2D eigenvalue weighted by atomic mass is 35.5. The average molecular weight is 486 g/mol. The summed E-state index contributed by atoms with van der Waals surface area (Å²) in [5.41, 5.74) is 1.65. The standard InChI is InChI=1S/C23H29Cl2NO4S/c1-5-6-11-29-22-20(24)12-17(13-21(22)25)23(2,3)16-7-9-19(10-8-16)30-15-18(27)14-26-31(4)28/h7-10,12-13,26H,5-6,11,14-15H2,1-4H3. The first-order valence-electron chi connectivity index (χ1n) is 10.1. The third-order valence-electron chi connectivity index (χ3n) is 4.91. The zero-order chi connectivity index (χ0) is 23.0. The molecule has 0 aromatic heterocycles. The molecule has 2 aromatic carbocycles. The van der Waals surface area contributed by atoms with E-state index in [2.05, 4.69) is 25.5 Å². The number of carbonyl (C=O) groups is 1. The van der Waals surface area contributed by atoms with Gasteiger partial charge < -0.3 is 9.47 Å². The van der Waals surface area contributed by atoms with E-state index in [1.54, 1.807) is 0 Å². The van der Waals surface area contributed by atoms with E-state index in [0.717, 1.165) is 24.0 Å². The molecule has 1 N–H and O–H groups in total. The fraction of sp³-hybridized carbons (Fsp3) is 0.435. The van der Waals surface area contributed by atoms with Gasteiger partial charge >= 0.3 is 0 Å². The molecule has 0 radical (unpaired) electrons. The van der Waals surface area contributed by atoms with Crippen molar-refractivity contribution in [2.24, 2.45) is 0 Å². The summed E-state index contributed by atoms with van der Waals surface area (Å²) >= 11 is 12.9. The van der Waals surface area contributed by atoms with Gasteiger partial charge in [0.05, 0.1) is 34.2 Å². The van der Waals surface area contributed by atoms with Crippen molar-refractivity contribution >= 4 is 40.0 Å². The van der Waals surface area contributed by atoms with Crippen molar-refractivity contribution in [3.8, 4) is 11.5 Å². The van der Waals surface area contributed by atoms with Crippen LogP contribution in [0.4, 0.5) is 0 Å². The van der Waals surface area contributed by atoms with Crippen molar-refractivity contribution < 1.29 is 18.5 Å². The van der Waals surface area contributed by atoms with E-state index in [-0.39, 0.29) is 24.3 Å². The Morgan fingerprint density at radius 1 is 1.06 bits per heavy atom. The normalized spacial score (nSPS) is 12.5. The number of hydrogen-bond donors (Lipinski definition) is 1. The molecule has 0 saturated heterocycles. The largest absolute Gasteiger partial charge is 0.490 e. The minimum Gasteiger partial charge on any atom is -0.490 e. The second-order valence-corrected chi connectivity index (χ2v) is 9.73. The summed E-state index contributed by atoms with van der Waals surface area (Å²) in [6.07, 6.45) is 3.45. The Hall–Kier alpha value is -1.60. The third kappa shape index (κ3) is 7.49. The Morgan fingerprint density at radius 3 is 2.23 bits per heavy atom. The van der Waals surface area contributed by atoms with Crippen LogP contribution in [-0.2, 0) is 21.2 Å². The van der Waals surface area contributed by atoms with Crippen LogP contribution in [0.15, 0.2) is 36.4 Å². The number of hydrogen-bond acceptors (Lipinski definition) is 4. The van der Waals surface area contributed by atoms with Crippen LogP contribution in [0.3, 0.4) is 0 Å². The first kappa shape index (κ1) is 25.7. The molecule has 0 aliphatic carbocycles. The third-order valence-corrected chi connectivity index (χ3v) is 6.03. The Morgan fingerprint density at radius 2 is 1.68 bits per heavy atom. The first-order valence-corrected chi connectivity index (χ1v) is 12.4. The highest BCUT2D eigenvalue weighted by Gasteiger charge is 2.25. The molecule has 0 aliphatic rings. The number of benzene rings is 2. The lowest BCUT2D eigenvalue weighted by molar-refractivity contribution is -0.119. The van der Waals surface area contributed by atoms with Crippen molar-refractivity contribution in [1.29, 1.82) is 0 Å².